The number of halogens is 4. The molecule has 1 aliphatic heterocycles. The number of aromatic amines is 1. The lowest BCUT2D eigenvalue weighted by molar-refractivity contribution is -0.367. The smallest absolute Gasteiger partial charge is 0.348 e. The molecule has 3 heterocycles. The molecular formula is C19H21ClF3N4O+. The summed E-state index contributed by atoms with van der Waals surface area (Å²) in [6, 6.07) is 6.27. The van der Waals surface area contributed by atoms with E-state index in [9.17, 15) is 18.0 Å². The zero-order valence-corrected chi connectivity index (χ0v) is 16.0. The summed E-state index contributed by atoms with van der Waals surface area (Å²) < 4.78 is 38.3. The average Bonchev–Trinajstić information content (AvgIpc) is 2.68. The molecule has 0 radical (unpaired) electrons. The summed E-state index contributed by atoms with van der Waals surface area (Å²) in [6.07, 6.45) is -0.679. The number of carbonyl (C=O) groups excluding carboxylic acids is 1. The second-order valence-electron chi connectivity index (χ2n) is 6.83. The molecule has 0 unspecified atom stereocenters. The highest BCUT2D eigenvalue weighted by atomic mass is 35.5. The molecule has 150 valence electrons. The number of hydrogen-bond donors (Lipinski definition) is 1. The number of H-pyrrole nitrogens is 1. The first kappa shape index (κ1) is 20.4. The number of aromatic nitrogens is 2. The molecule has 1 aliphatic rings. The summed E-state index contributed by atoms with van der Waals surface area (Å²) in [5.74, 6) is 0.242. The van der Waals surface area contributed by atoms with Crippen LogP contribution in [-0.4, -0.2) is 24.0 Å². The van der Waals surface area contributed by atoms with Gasteiger partial charge in [-0.25, -0.2) is 4.98 Å². The van der Waals surface area contributed by atoms with E-state index in [0.717, 1.165) is 18.0 Å². The highest BCUT2D eigenvalue weighted by Crippen LogP contribution is 2.33. The van der Waals surface area contributed by atoms with Crippen LogP contribution in [0.1, 0.15) is 37.1 Å². The van der Waals surface area contributed by atoms with Gasteiger partial charge in [0, 0.05) is 12.1 Å². The van der Waals surface area contributed by atoms with Gasteiger partial charge in [-0.2, -0.15) is 13.2 Å². The van der Waals surface area contributed by atoms with E-state index in [1.807, 2.05) is 30.0 Å². The summed E-state index contributed by atoms with van der Waals surface area (Å²) in [5, 5.41) is 2.99. The molecule has 3 rings (SSSR count). The van der Waals surface area contributed by atoms with Crippen molar-refractivity contribution in [1.29, 1.82) is 0 Å². The monoisotopic (exact) mass is 413 g/mol. The Hall–Kier alpha value is -2.35. The third kappa shape index (κ3) is 4.73. The van der Waals surface area contributed by atoms with Gasteiger partial charge in [-0.15, -0.1) is 0 Å². The second kappa shape index (κ2) is 8.34. The summed E-state index contributed by atoms with van der Waals surface area (Å²) in [7, 11) is 0. The fourth-order valence-corrected chi connectivity index (χ4v) is 3.56. The van der Waals surface area contributed by atoms with Crippen LogP contribution in [0.2, 0.25) is 5.02 Å². The van der Waals surface area contributed by atoms with Gasteiger partial charge in [0.2, 0.25) is 5.91 Å². The van der Waals surface area contributed by atoms with Gasteiger partial charge >= 0.3 is 6.18 Å². The zero-order valence-electron chi connectivity index (χ0n) is 15.3. The second-order valence-corrected chi connectivity index (χ2v) is 7.24. The highest BCUT2D eigenvalue weighted by molar-refractivity contribution is 6.32. The van der Waals surface area contributed by atoms with Gasteiger partial charge in [0.25, 0.3) is 5.82 Å². The fourth-order valence-electron chi connectivity index (χ4n) is 3.27. The quantitative estimate of drug-likeness (QED) is 0.832. The van der Waals surface area contributed by atoms with Gasteiger partial charge < -0.3 is 5.32 Å². The topological polar surface area (TPSA) is 59.4 Å². The van der Waals surface area contributed by atoms with Crippen LogP contribution in [0.15, 0.2) is 36.7 Å². The van der Waals surface area contributed by atoms with E-state index >= 15 is 0 Å². The number of anilines is 1. The summed E-state index contributed by atoms with van der Waals surface area (Å²) in [5.41, 5.74) is -0.0292. The lowest BCUT2D eigenvalue weighted by atomic mass is 9.95. The van der Waals surface area contributed by atoms with E-state index in [1.165, 1.54) is 0 Å². The Kier molecular flexibility index (Phi) is 6.07. The number of pyridine rings is 2. The summed E-state index contributed by atoms with van der Waals surface area (Å²) in [4.78, 5) is 21.3. The zero-order chi connectivity index (χ0) is 20.3. The molecule has 28 heavy (non-hydrogen) atoms. The predicted octanol–water partition coefficient (Wildman–Crippen LogP) is 3.66. The number of amides is 1. The number of hydrogen-bond acceptors (Lipinski definition) is 3. The molecule has 0 spiro atoms. The maximum absolute atomic E-state index is 12.8. The molecule has 0 saturated carbocycles. The van der Waals surface area contributed by atoms with Gasteiger partial charge in [-0.1, -0.05) is 17.7 Å². The van der Waals surface area contributed by atoms with Crippen LogP contribution in [0.3, 0.4) is 0 Å². The van der Waals surface area contributed by atoms with Crippen LogP contribution in [0.25, 0.3) is 0 Å². The van der Waals surface area contributed by atoms with Crippen molar-refractivity contribution in [2.45, 2.75) is 32.0 Å². The molecule has 0 aromatic carbocycles. The Morgan fingerprint density at radius 3 is 2.64 bits per heavy atom. The molecular weight excluding hydrogens is 393 g/mol. The third-order valence-electron chi connectivity index (χ3n) is 4.87. The first-order valence-corrected chi connectivity index (χ1v) is 9.38. The largest absolute Gasteiger partial charge is 0.419 e. The normalized spacial score (nSPS) is 16.7. The predicted molar refractivity (Wildman–Crippen MR) is 98.7 cm³/mol. The van der Waals surface area contributed by atoms with Crippen molar-refractivity contribution in [2.75, 3.05) is 18.0 Å². The van der Waals surface area contributed by atoms with E-state index in [1.54, 1.807) is 6.20 Å². The molecule has 1 atom stereocenters. The molecule has 1 amide bonds. The van der Waals surface area contributed by atoms with Crippen molar-refractivity contribution in [3.63, 3.8) is 0 Å². The number of nitrogens with zero attached hydrogens (tertiary/aromatic N) is 2. The lowest BCUT2D eigenvalue weighted by Crippen LogP contribution is -2.43. The number of carbonyl (C=O) groups is 1. The summed E-state index contributed by atoms with van der Waals surface area (Å²) >= 11 is 6.05. The van der Waals surface area contributed by atoms with Crippen molar-refractivity contribution < 1.29 is 22.9 Å². The Labute approximate surface area is 165 Å². The lowest BCUT2D eigenvalue weighted by Gasteiger charge is -2.28. The Morgan fingerprint density at radius 2 is 2.07 bits per heavy atom. The molecule has 5 nitrogen and oxygen atoms in total. The molecule has 2 aromatic rings. The van der Waals surface area contributed by atoms with Crippen molar-refractivity contribution >= 4 is 23.3 Å². The maximum Gasteiger partial charge on any atom is 0.419 e. The van der Waals surface area contributed by atoms with Crippen LogP contribution in [0.4, 0.5) is 19.0 Å². The van der Waals surface area contributed by atoms with Crippen LogP contribution in [-0.2, 0) is 11.0 Å². The highest BCUT2D eigenvalue weighted by Gasteiger charge is 2.35. The molecule has 0 bridgehead atoms. The Bertz CT molecular complexity index is 824. The average molecular weight is 414 g/mol. The number of alkyl halides is 3. The Morgan fingerprint density at radius 1 is 1.36 bits per heavy atom. The van der Waals surface area contributed by atoms with Crippen LogP contribution in [0, 0.1) is 5.92 Å². The van der Waals surface area contributed by atoms with E-state index in [0.29, 0.717) is 31.7 Å². The molecule has 9 heteroatoms. The van der Waals surface area contributed by atoms with Crippen molar-refractivity contribution in [3.05, 3.63) is 52.9 Å². The minimum atomic E-state index is -4.45. The van der Waals surface area contributed by atoms with Gasteiger partial charge in [0.1, 0.15) is 11.2 Å². The third-order valence-corrected chi connectivity index (χ3v) is 5.16. The van der Waals surface area contributed by atoms with Crippen LogP contribution in [0.5, 0.6) is 0 Å². The van der Waals surface area contributed by atoms with E-state index < -0.39 is 11.7 Å². The first-order chi connectivity index (χ1) is 13.3. The van der Waals surface area contributed by atoms with E-state index in [4.69, 9.17) is 11.6 Å². The van der Waals surface area contributed by atoms with Crippen molar-refractivity contribution in [3.8, 4) is 0 Å². The molecule has 1 fully saturated rings. The molecule has 2 aromatic heterocycles. The Balaban J connectivity index is 1.58. The van der Waals surface area contributed by atoms with E-state index in [-0.39, 0.29) is 22.9 Å². The minimum absolute atomic E-state index is 0.0153. The van der Waals surface area contributed by atoms with Crippen molar-refractivity contribution in [1.82, 2.24) is 10.3 Å². The van der Waals surface area contributed by atoms with Gasteiger partial charge in [0.15, 0.2) is 0 Å². The molecule has 2 N–H and O–H groups in total. The van der Waals surface area contributed by atoms with Crippen LogP contribution >= 0.6 is 11.6 Å². The fraction of sp³-hybridized carbons (Fsp3) is 0.421. The minimum Gasteiger partial charge on any atom is -0.348 e. The standard InChI is InChI=1S/C19H20ClF3N4O/c1-12(16-4-2-3-7-24-16)26-18(28)13-5-8-27(9-6-13)17-15(20)10-14(11-25-17)19(21,22)23/h2-4,7,10-13H,5-6,8-9H2,1H3,(H,26,28)/p+1/t12-/m0/s1. The van der Waals surface area contributed by atoms with Gasteiger partial charge in [0.05, 0.1) is 30.4 Å². The SMILES string of the molecule is C[C@H](NC(=O)C1CCN(c2[nH+]cc(C(F)(F)F)cc2Cl)CC1)c1ccccn1. The number of nitrogens with one attached hydrogen (secondary N) is 2. The maximum atomic E-state index is 12.8. The van der Waals surface area contributed by atoms with Crippen LogP contribution < -0.4 is 15.2 Å². The van der Waals surface area contributed by atoms with Gasteiger partial charge in [-0.05, 0) is 38.0 Å². The number of rotatable bonds is 4. The molecule has 0 aliphatic carbocycles. The van der Waals surface area contributed by atoms with Crippen molar-refractivity contribution in [2.24, 2.45) is 5.92 Å². The van der Waals surface area contributed by atoms with E-state index in [2.05, 4.69) is 15.3 Å². The summed E-state index contributed by atoms with van der Waals surface area (Å²) in [6.45, 7) is 2.93. The van der Waals surface area contributed by atoms with Gasteiger partial charge in [-0.3, -0.25) is 14.7 Å². The molecule has 1 saturated heterocycles. The number of piperidine rings is 1. The first-order valence-electron chi connectivity index (χ1n) is 9.00.